The van der Waals surface area contributed by atoms with Gasteiger partial charge < -0.3 is 10.6 Å². The van der Waals surface area contributed by atoms with Crippen molar-refractivity contribution in [2.24, 2.45) is 0 Å². The normalized spacial score (nSPS) is 11.0. The maximum absolute atomic E-state index is 11.8. The van der Waals surface area contributed by atoms with Crippen LogP contribution in [-0.2, 0) is 22.1 Å². The Morgan fingerprint density at radius 1 is 1.18 bits per heavy atom. The third-order valence-electron chi connectivity index (χ3n) is 2.77. The topological polar surface area (TPSA) is 88.2 Å². The predicted molar refractivity (Wildman–Crippen MR) is 85.1 cm³/mol. The summed E-state index contributed by atoms with van der Waals surface area (Å²) in [5, 5.41) is 5.35. The first kappa shape index (κ1) is 16.0. The zero-order valence-electron chi connectivity index (χ0n) is 12.1. The van der Waals surface area contributed by atoms with E-state index < -0.39 is 9.84 Å². The summed E-state index contributed by atoms with van der Waals surface area (Å²) in [7, 11) is -3.11. The number of benzene rings is 1. The summed E-state index contributed by atoms with van der Waals surface area (Å²) in [4.78, 5) is 15.9. The molecule has 0 spiro atoms. The van der Waals surface area contributed by atoms with Crippen molar-refractivity contribution in [1.29, 1.82) is 0 Å². The molecule has 0 atom stereocenters. The van der Waals surface area contributed by atoms with Gasteiger partial charge in [-0.2, -0.15) is 0 Å². The van der Waals surface area contributed by atoms with Gasteiger partial charge in [-0.05, 0) is 29.8 Å². The molecule has 1 aromatic heterocycles. The quantitative estimate of drug-likeness (QED) is 0.881. The fraction of sp³-hybridized carbons (Fsp3) is 0.200. The maximum atomic E-state index is 11.8. The zero-order chi connectivity index (χ0) is 16.0. The molecule has 6 nitrogen and oxygen atoms in total. The summed E-state index contributed by atoms with van der Waals surface area (Å²) >= 11 is 0. The number of hydrogen-bond donors (Lipinski definition) is 2. The van der Waals surface area contributed by atoms with Crippen LogP contribution in [0.15, 0.2) is 48.7 Å². The molecule has 1 aromatic carbocycles. The standard InChI is InChI=1S/C15H17N3O3S/c1-22(20,21)11-12-5-4-7-13(9-12)18-15(19)17-10-14-6-2-3-8-16-14/h2-9H,10-11H2,1H3,(H2,17,18,19). The molecular weight excluding hydrogens is 302 g/mol. The number of hydrogen-bond acceptors (Lipinski definition) is 4. The number of anilines is 1. The van der Waals surface area contributed by atoms with Gasteiger partial charge in [0.25, 0.3) is 0 Å². The molecule has 0 aliphatic heterocycles. The van der Waals surface area contributed by atoms with Crippen LogP contribution in [0.5, 0.6) is 0 Å². The average Bonchev–Trinajstić information content (AvgIpc) is 2.45. The van der Waals surface area contributed by atoms with Crippen molar-refractivity contribution >= 4 is 21.6 Å². The maximum Gasteiger partial charge on any atom is 0.319 e. The Bertz CT molecular complexity index is 746. The van der Waals surface area contributed by atoms with E-state index in [9.17, 15) is 13.2 Å². The number of amides is 2. The lowest BCUT2D eigenvalue weighted by Crippen LogP contribution is -2.28. The molecule has 0 saturated heterocycles. The van der Waals surface area contributed by atoms with Crippen molar-refractivity contribution in [2.45, 2.75) is 12.3 Å². The van der Waals surface area contributed by atoms with Crippen molar-refractivity contribution < 1.29 is 13.2 Å². The molecule has 0 unspecified atom stereocenters. The van der Waals surface area contributed by atoms with Crippen LogP contribution in [0.1, 0.15) is 11.3 Å². The number of nitrogens with zero attached hydrogens (tertiary/aromatic N) is 1. The van der Waals surface area contributed by atoms with Crippen molar-refractivity contribution in [3.63, 3.8) is 0 Å². The van der Waals surface area contributed by atoms with Crippen LogP contribution < -0.4 is 10.6 Å². The van der Waals surface area contributed by atoms with Gasteiger partial charge in [0.15, 0.2) is 9.84 Å². The molecule has 2 amide bonds. The van der Waals surface area contributed by atoms with Crippen molar-refractivity contribution in [1.82, 2.24) is 10.3 Å². The molecule has 0 fully saturated rings. The third kappa shape index (κ3) is 5.53. The van der Waals surface area contributed by atoms with Gasteiger partial charge in [-0.1, -0.05) is 18.2 Å². The SMILES string of the molecule is CS(=O)(=O)Cc1cccc(NC(=O)NCc2ccccn2)c1. The van der Waals surface area contributed by atoms with Gasteiger partial charge in [-0.3, -0.25) is 4.98 Å². The monoisotopic (exact) mass is 319 g/mol. The molecule has 2 rings (SSSR count). The van der Waals surface area contributed by atoms with Gasteiger partial charge in [0, 0.05) is 18.1 Å². The number of nitrogens with one attached hydrogen (secondary N) is 2. The molecule has 0 aliphatic rings. The highest BCUT2D eigenvalue weighted by atomic mass is 32.2. The molecule has 116 valence electrons. The van der Waals surface area contributed by atoms with Crippen LogP contribution in [0.25, 0.3) is 0 Å². The highest BCUT2D eigenvalue weighted by Gasteiger charge is 2.07. The molecule has 0 bridgehead atoms. The van der Waals surface area contributed by atoms with Crippen LogP contribution in [-0.4, -0.2) is 25.7 Å². The molecule has 0 radical (unpaired) electrons. The Morgan fingerprint density at radius 3 is 2.68 bits per heavy atom. The highest BCUT2D eigenvalue weighted by molar-refractivity contribution is 7.89. The highest BCUT2D eigenvalue weighted by Crippen LogP contribution is 2.12. The van der Waals surface area contributed by atoms with Crippen LogP contribution in [0.4, 0.5) is 10.5 Å². The first-order valence-electron chi connectivity index (χ1n) is 6.64. The predicted octanol–water partition coefficient (Wildman–Crippen LogP) is 1.95. The Labute approximate surface area is 129 Å². The van der Waals surface area contributed by atoms with E-state index in [1.807, 2.05) is 12.1 Å². The molecule has 0 saturated carbocycles. The van der Waals surface area contributed by atoms with Gasteiger partial charge in [-0.15, -0.1) is 0 Å². The van der Waals surface area contributed by atoms with E-state index >= 15 is 0 Å². The number of urea groups is 1. The molecule has 2 aromatic rings. The van der Waals surface area contributed by atoms with Crippen LogP contribution in [0, 0.1) is 0 Å². The minimum Gasteiger partial charge on any atom is -0.332 e. The second-order valence-corrected chi connectivity index (χ2v) is 7.04. The first-order valence-corrected chi connectivity index (χ1v) is 8.70. The second-order valence-electron chi connectivity index (χ2n) is 4.90. The summed E-state index contributed by atoms with van der Waals surface area (Å²) in [5.74, 6) is -0.0575. The minimum absolute atomic E-state index is 0.0575. The largest absolute Gasteiger partial charge is 0.332 e. The molecule has 1 heterocycles. The zero-order valence-corrected chi connectivity index (χ0v) is 12.9. The molecule has 22 heavy (non-hydrogen) atoms. The number of carbonyl (C=O) groups is 1. The molecule has 2 N–H and O–H groups in total. The molecule has 0 aliphatic carbocycles. The Hall–Kier alpha value is -2.41. The Morgan fingerprint density at radius 2 is 2.00 bits per heavy atom. The van der Waals surface area contributed by atoms with E-state index in [2.05, 4.69) is 15.6 Å². The second kappa shape index (κ2) is 7.04. The van der Waals surface area contributed by atoms with Gasteiger partial charge >= 0.3 is 6.03 Å². The van der Waals surface area contributed by atoms with E-state index in [0.29, 0.717) is 17.8 Å². The third-order valence-corrected chi connectivity index (χ3v) is 3.63. The molecular formula is C15H17N3O3S. The number of pyridine rings is 1. The van der Waals surface area contributed by atoms with E-state index in [4.69, 9.17) is 0 Å². The van der Waals surface area contributed by atoms with E-state index in [1.54, 1.807) is 36.5 Å². The lowest BCUT2D eigenvalue weighted by Gasteiger charge is -2.08. The van der Waals surface area contributed by atoms with Gasteiger partial charge in [0.1, 0.15) is 0 Å². The summed E-state index contributed by atoms with van der Waals surface area (Å²) < 4.78 is 22.6. The summed E-state index contributed by atoms with van der Waals surface area (Å²) in [5.41, 5.74) is 1.92. The summed E-state index contributed by atoms with van der Waals surface area (Å²) in [6.45, 7) is 0.315. The van der Waals surface area contributed by atoms with Gasteiger partial charge in [0.05, 0.1) is 18.0 Å². The van der Waals surface area contributed by atoms with Crippen molar-refractivity contribution in [3.8, 4) is 0 Å². The number of aromatic nitrogens is 1. The van der Waals surface area contributed by atoms with Crippen molar-refractivity contribution in [2.75, 3.05) is 11.6 Å². The van der Waals surface area contributed by atoms with Gasteiger partial charge in [-0.25, -0.2) is 13.2 Å². The van der Waals surface area contributed by atoms with Gasteiger partial charge in [0.2, 0.25) is 0 Å². The lowest BCUT2D eigenvalue weighted by atomic mass is 10.2. The Balaban J connectivity index is 1.93. The number of rotatable bonds is 5. The average molecular weight is 319 g/mol. The lowest BCUT2D eigenvalue weighted by molar-refractivity contribution is 0.251. The number of carbonyl (C=O) groups excluding carboxylic acids is 1. The van der Waals surface area contributed by atoms with Crippen LogP contribution in [0.3, 0.4) is 0 Å². The summed E-state index contributed by atoms with van der Waals surface area (Å²) in [6.07, 6.45) is 2.83. The molecule has 7 heteroatoms. The minimum atomic E-state index is -3.11. The summed E-state index contributed by atoms with van der Waals surface area (Å²) in [6, 6.07) is 11.8. The van der Waals surface area contributed by atoms with E-state index in [0.717, 1.165) is 5.69 Å². The first-order chi connectivity index (χ1) is 10.4. The number of sulfone groups is 1. The Kier molecular flexibility index (Phi) is 5.11. The fourth-order valence-corrected chi connectivity index (χ4v) is 2.68. The van der Waals surface area contributed by atoms with Crippen molar-refractivity contribution in [3.05, 3.63) is 59.9 Å². The van der Waals surface area contributed by atoms with Crippen LogP contribution >= 0.6 is 0 Å². The van der Waals surface area contributed by atoms with E-state index in [1.165, 1.54) is 6.26 Å². The van der Waals surface area contributed by atoms with E-state index in [-0.39, 0.29) is 11.8 Å². The smallest absolute Gasteiger partial charge is 0.319 e. The van der Waals surface area contributed by atoms with Crippen LogP contribution in [0.2, 0.25) is 0 Å². The fourth-order valence-electron chi connectivity index (χ4n) is 1.89.